The van der Waals surface area contributed by atoms with Crippen molar-refractivity contribution >= 4 is 35.4 Å². The fraction of sp³-hybridized carbons (Fsp3) is 0.190. The monoisotopic (exact) mass is 416 g/mol. The molecule has 0 fully saturated rings. The summed E-state index contributed by atoms with van der Waals surface area (Å²) >= 11 is 5.68. The fourth-order valence-corrected chi connectivity index (χ4v) is 2.72. The van der Waals surface area contributed by atoms with Crippen LogP contribution in [0.1, 0.15) is 29.0 Å². The minimum atomic E-state index is -0.801. The summed E-state index contributed by atoms with van der Waals surface area (Å²) in [5.41, 5.74) is 6.62. The predicted octanol–water partition coefficient (Wildman–Crippen LogP) is 1.46. The van der Waals surface area contributed by atoms with Crippen LogP contribution in [0.3, 0.4) is 0 Å². The Morgan fingerprint density at radius 1 is 1.41 bits per heavy atom. The molecule has 8 heteroatoms. The van der Waals surface area contributed by atoms with Gasteiger partial charge in [-0.1, -0.05) is 29.8 Å². The summed E-state index contributed by atoms with van der Waals surface area (Å²) in [6.45, 7) is 1.39. The number of aliphatic hydroxyl groups is 1. The Labute approximate surface area is 172 Å². The van der Waals surface area contributed by atoms with Gasteiger partial charge in [-0.3, -0.25) is 9.79 Å². The van der Waals surface area contributed by atoms with Crippen molar-refractivity contribution in [1.82, 2.24) is 10.3 Å². The molecule has 0 radical (unpaired) electrons. The molecule has 0 aliphatic heterocycles. The van der Waals surface area contributed by atoms with E-state index < -0.39 is 24.4 Å². The lowest BCUT2D eigenvalue weighted by atomic mass is 10.1. The number of halogens is 2. The number of carbonyl (C=O) groups is 1. The van der Waals surface area contributed by atoms with Crippen molar-refractivity contribution in [2.45, 2.75) is 13.0 Å². The first-order chi connectivity index (χ1) is 13.9. The molecule has 1 aromatic heterocycles. The van der Waals surface area contributed by atoms with Crippen LogP contribution in [-0.2, 0) is 0 Å². The van der Waals surface area contributed by atoms with E-state index in [2.05, 4.69) is 15.3 Å². The number of pyridine rings is 1. The van der Waals surface area contributed by atoms with Gasteiger partial charge in [0, 0.05) is 12.3 Å². The van der Waals surface area contributed by atoms with Crippen molar-refractivity contribution in [3.63, 3.8) is 0 Å². The molecule has 0 bridgehead atoms. The van der Waals surface area contributed by atoms with E-state index in [1.807, 2.05) is 0 Å². The number of benzene rings is 1. The SMILES string of the molecule is C/C=c1/nc(C(=O)N[C@H](CO)c2ccc(Cl)c(F)c2)ccc1=CC(C=CN)=NC. The van der Waals surface area contributed by atoms with Crippen LogP contribution in [0.4, 0.5) is 4.39 Å². The summed E-state index contributed by atoms with van der Waals surface area (Å²) in [6, 6.07) is 6.59. The van der Waals surface area contributed by atoms with Crippen LogP contribution in [0.15, 0.2) is 47.6 Å². The largest absolute Gasteiger partial charge is 0.405 e. The number of nitrogens with two attached hydrogens (primary N) is 1. The smallest absolute Gasteiger partial charge is 0.270 e. The predicted molar refractivity (Wildman–Crippen MR) is 113 cm³/mol. The zero-order chi connectivity index (χ0) is 21.4. The quantitative estimate of drug-likeness (QED) is 0.620. The van der Waals surface area contributed by atoms with E-state index in [-0.39, 0.29) is 10.7 Å². The molecule has 29 heavy (non-hydrogen) atoms. The van der Waals surface area contributed by atoms with Gasteiger partial charge in [0.15, 0.2) is 0 Å². The minimum absolute atomic E-state index is 0.0344. The van der Waals surface area contributed by atoms with E-state index in [4.69, 9.17) is 17.3 Å². The number of carbonyl (C=O) groups excluding carboxylic acids is 1. The van der Waals surface area contributed by atoms with Crippen molar-refractivity contribution in [3.05, 3.63) is 75.3 Å². The molecule has 2 rings (SSSR count). The summed E-state index contributed by atoms with van der Waals surface area (Å²) < 4.78 is 13.7. The first kappa shape index (κ1) is 22.3. The third-order valence-electron chi connectivity index (χ3n) is 4.13. The van der Waals surface area contributed by atoms with Crippen LogP contribution < -0.4 is 21.6 Å². The second-order valence-corrected chi connectivity index (χ2v) is 6.40. The molecule has 1 heterocycles. The molecule has 4 N–H and O–H groups in total. The van der Waals surface area contributed by atoms with Crippen LogP contribution in [0, 0.1) is 5.82 Å². The lowest BCUT2D eigenvalue weighted by molar-refractivity contribution is 0.0910. The van der Waals surface area contributed by atoms with Crippen LogP contribution in [0.2, 0.25) is 5.02 Å². The van der Waals surface area contributed by atoms with Crippen molar-refractivity contribution in [3.8, 4) is 0 Å². The van der Waals surface area contributed by atoms with Crippen LogP contribution in [0.5, 0.6) is 0 Å². The number of rotatable bonds is 6. The zero-order valence-corrected chi connectivity index (χ0v) is 16.8. The van der Waals surface area contributed by atoms with Crippen LogP contribution >= 0.6 is 11.6 Å². The average Bonchev–Trinajstić information content (AvgIpc) is 2.73. The van der Waals surface area contributed by atoms with E-state index in [0.29, 0.717) is 16.6 Å². The number of aliphatic hydroxyl groups excluding tert-OH is 1. The van der Waals surface area contributed by atoms with E-state index in [9.17, 15) is 14.3 Å². The average molecular weight is 417 g/mol. The summed E-state index contributed by atoms with van der Waals surface area (Å²) in [5, 5.41) is 13.6. The molecule has 0 saturated carbocycles. The number of hydrogen-bond acceptors (Lipinski definition) is 5. The summed E-state index contributed by atoms with van der Waals surface area (Å²) in [6.07, 6.45) is 6.59. The highest BCUT2D eigenvalue weighted by molar-refractivity contribution is 6.30. The zero-order valence-electron chi connectivity index (χ0n) is 16.1. The number of nitrogens with one attached hydrogen (secondary N) is 1. The van der Waals surface area contributed by atoms with Gasteiger partial charge in [-0.05, 0) is 49.0 Å². The van der Waals surface area contributed by atoms with Gasteiger partial charge in [-0.2, -0.15) is 0 Å². The molecule has 0 aliphatic carbocycles. The molecule has 1 amide bonds. The maximum Gasteiger partial charge on any atom is 0.270 e. The number of amides is 1. The van der Waals surface area contributed by atoms with Gasteiger partial charge in [0.2, 0.25) is 0 Å². The summed E-state index contributed by atoms with van der Waals surface area (Å²) in [7, 11) is 1.64. The molecule has 0 unspecified atom stereocenters. The van der Waals surface area contributed by atoms with E-state index in [0.717, 1.165) is 5.22 Å². The highest BCUT2D eigenvalue weighted by Crippen LogP contribution is 2.20. The van der Waals surface area contributed by atoms with Gasteiger partial charge in [0.05, 0.1) is 28.7 Å². The first-order valence-electron chi connectivity index (χ1n) is 8.80. The molecule has 1 atom stereocenters. The maximum absolute atomic E-state index is 13.7. The third-order valence-corrected chi connectivity index (χ3v) is 4.43. The topological polar surface area (TPSA) is 101 Å². The Balaban J connectivity index is 2.33. The van der Waals surface area contributed by atoms with Gasteiger partial charge < -0.3 is 16.2 Å². The molecule has 152 valence electrons. The number of aromatic nitrogens is 1. The lowest BCUT2D eigenvalue weighted by Gasteiger charge is -2.17. The van der Waals surface area contributed by atoms with Gasteiger partial charge >= 0.3 is 0 Å². The Kier molecular flexibility index (Phi) is 8.06. The van der Waals surface area contributed by atoms with Crippen molar-refractivity contribution in [2.75, 3.05) is 13.7 Å². The number of allylic oxidation sites excluding steroid dienone is 1. The Morgan fingerprint density at radius 2 is 2.17 bits per heavy atom. The van der Waals surface area contributed by atoms with Crippen molar-refractivity contribution in [1.29, 1.82) is 0 Å². The molecule has 0 saturated heterocycles. The highest BCUT2D eigenvalue weighted by Gasteiger charge is 2.17. The van der Waals surface area contributed by atoms with Crippen LogP contribution in [0.25, 0.3) is 12.2 Å². The molecule has 1 aromatic carbocycles. The molecular formula is C21H22ClFN4O2. The molecular weight excluding hydrogens is 395 g/mol. The van der Waals surface area contributed by atoms with Gasteiger partial charge in [-0.15, -0.1) is 0 Å². The molecule has 2 aromatic rings. The van der Waals surface area contributed by atoms with E-state index >= 15 is 0 Å². The van der Waals surface area contributed by atoms with Crippen molar-refractivity contribution in [2.24, 2.45) is 10.7 Å². The Hall–Kier alpha value is -3.03. The standard InChI is InChI=1S/C21H22ClFN4O2/c1-3-18-13(10-15(25-2)8-9-24)5-7-19(26-18)21(29)27-20(12-28)14-4-6-16(22)17(23)11-14/h3-11,20,28H,12,24H2,1-2H3,(H,27,29)/b9-8?,13-10?,18-3+,25-15?/t20-/m1/s1. The van der Waals surface area contributed by atoms with E-state index in [1.165, 1.54) is 18.3 Å². The van der Waals surface area contributed by atoms with Crippen LogP contribution in [-0.4, -0.2) is 35.4 Å². The molecule has 0 aliphatic rings. The first-order valence-corrected chi connectivity index (χ1v) is 9.18. The van der Waals surface area contributed by atoms with Gasteiger partial charge in [0.25, 0.3) is 5.91 Å². The summed E-state index contributed by atoms with van der Waals surface area (Å²) in [4.78, 5) is 21.1. The lowest BCUT2D eigenvalue weighted by Crippen LogP contribution is -2.36. The highest BCUT2D eigenvalue weighted by atomic mass is 35.5. The second-order valence-electron chi connectivity index (χ2n) is 5.99. The van der Waals surface area contributed by atoms with Gasteiger partial charge in [0.1, 0.15) is 11.5 Å². The molecule has 0 spiro atoms. The fourth-order valence-electron chi connectivity index (χ4n) is 2.61. The maximum atomic E-state index is 13.7. The second kappa shape index (κ2) is 10.5. The third kappa shape index (κ3) is 5.73. The van der Waals surface area contributed by atoms with Crippen molar-refractivity contribution < 1.29 is 14.3 Å². The minimum Gasteiger partial charge on any atom is -0.405 e. The number of nitrogens with zero attached hydrogens (tertiary/aromatic N) is 2. The van der Waals surface area contributed by atoms with Gasteiger partial charge in [-0.25, -0.2) is 9.37 Å². The Bertz CT molecular complexity index is 1070. The number of aliphatic imine (C=N–C) groups is 1. The molecule has 6 nitrogen and oxygen atoms in total. The normalized spacial score (nSPS) is 14.4. The number of hydrogen-bond donors (Lipinski definition) is 3. The summed E-state index contributed by atoms with van der Waals surface area (Å²) in [5.74, 6) is -1.13. The Morgan fingerprint density at radius 3 is 2.76 bits per heavy atom. The van der Waals surface area contributed by atoms with E-state index in [1.54, 1.807) is 50.4 Å².